The van der Waals surface area contributed by atoms with Crippen molar-refractivity contribution in [3.63, 3.8) is 0 Å². The van der Waals surface area contributed by atoms with Crippen LogP contribution in [0.15, 0.2) is 0 Å². The Labute approximate surface area is 267 Å². The van der Waals surface area contributed by atoms with Gasteiger partial charge in [0.1, 0.15) is 23.7 Å². The number of esters is 1. The van der Waals surface area contributed by atoms with Crippen molar-refractivity contribution in [1.82, 2.24) is 21.3 Å². The van der Waals surface area contributed by atoms with Gasteiger partial charge in [0.15, 0.2) is 0 Å². The molecule has 0 aliphatic heterocycles. The lowest BCUT2D eigenvalue weighted by atomic mass is 9.94. The van der Waals surface area contributed by atoms with E-state index in [0.717, 1.165) is 7.11 Å². The van der Waals surface area contributed by atoms with E-state index in [2.05, 4.69) is 26.0 Å². The van der Waals surface area contributed by atoms with Gasteiger partial charge in [-0.05, 0) is 57.8 Å². The molecule has 0 saturated heterocycles. The molecule has 0 rings (SSSR count). The van der Waals surface area contributed by atoms with Gasteiger partial charge in [0, 0.05) is 6.42 Å². The number of aliphatic hydroxyl groups is 1. The van der Waals surface area contributed by atoms with Gasteiger partial charge < -0.3 is 41.0 Å². The van der Waals surface area contributed by atoms with Crippen molar-refractivity contribution < 1.29 is 48.5 Å². The Kier molecular flexibility index (Phi) is 18.3. The molecule has 6 atom stereocenters. The second kappa shape index (κ2) is 19.9. The molecule has 0 bridgehead atoms. The Morgan fingerprint density at radius 1 is 0.800 bits per heavy atom. The highest BCUT2D eigenvalue weighted by Crippen LogP contribution is 2.16. The number of rotatable bonds is 19. The number of carboxylic acids is 1. The molecule has 0 radical (unpaired) electrons. The molecule has 0 heterocycles. The lowest BCUT2D eigenvalue weighted by Gasteiger charge is -2.30. The number of carbonyl (C=O) groups is 6. The molecule has 14 heteroatoms. The van der Waals surface area contributed by atoms with Crippen molar-refractivity contribution in [2.24, 2.45) is 17.8 Å². The van der Waals surface area contributed by atoms with Crippen LogP contribution in [0.5, 0.6) is 0 Å². The number of amides is 4. The fourth-order valence-electron chi connectivity index (χ4n) is 4.40. The molecule has 3 unspecified atom stereocenters. The van der Waals surface area contributed by atoms with Gasteiger partial charge in [-0.25, -0.2) is 9.59 Å². The summed E-state index contributed by atoms with van der Waals surface area (Å²) in [6, 6.07) is -4.28. The van der Waals surface area contributed by atoms with Gasteiger partial charge in [0.25, 0.3) is 0 Å². The quantitative estimate of drug-likeness (QED) is 0.113. The normalized spacial score (nSPS) is 15.6. The largest absolute Gasteiger partial charge is 0.480 e. The van der Waals surface area contributed by atoms with Crippen LogP contribution >= 0.6 is 0 Å². The maximum absolute atomic E-state index is 13.3. The molecule has 0 saturated carbocycles. The van der Waals surface area contributed by atoms with Crippen LogP contribution in [0.2, 0.25) is 0 Å². The van der Waals surface area contributed by atoms with E-state index in [4.69, 9.17) is 4.74 Å². The Hall–Kier alpha value is -3.42. The van der Waals surface area contributed by atoms with Crippen LogP contribution in [-0.2, 0) is 33.4 Å². The first-order valence-corrected chi connectivity index (χ1v) is 15.6. The summed E-state index contributed by atoms with van der Waals surface area (Å²) in [4.78, 5) is 74.7. The lowest BCUT2D eigenvalue weighted by Crippen LogP contribution is -2.55. The highest BCUT2D eigenvalue weighted by molar-refractivity contribution is 5.92. The molecule has 14 nitrogen and oxygen atoms in total. The predicted molar refractivity (Wildman–Crippen MR) is 167 cm³/mol. The first kappa shape index (κ1) is 41.6. The third-order valence-electron chi connectivity index (χ3n) is 6.92. The number of nitrogens with one attached hydrogen (secondary N) is 4. The van der Waals surface area contributed by atoms with Gasteiger partial charge in [-0.15, -0.1) is 0 Å². The van der Waals surface area contributed by atoms with Crippen molar-refractivity contribution in [3.05, 3.63) is 0 Å². The summed E-state index contributed by atoms with van der Waals surface area (Å²) < 4.78 is 9.81. The minimum absolute atomic E-state index is 0.0473. The van der Waals surface area contributed by atoms with Crippen LogP contribution in [0, 0.1) is 17.8 Å². The van der Waals surface area contributed by atoms with Gasteiger partial charge in [-0.2, -0.15) is 0 Å². The number of hydrogen-bond donors (Lipinski definition) is 6. The van der Waals surface area contributed by atoms with Gasteiger partial charge in [-0.3, -0.25) is 19.2 Å². The third-order valence-corrected chi connectivity index (χ3v) is 6.92. The molecule has 0 aromatic heterocycles. The lowest BCUT2D eigenvalue weighted by molar-refractivity contribution is -0.149. The summed E-state index contributed by atoms with van der Waals surface area (Å²) in [6.45, 7) is 16.3. The number of methoxy groups -OCH3 is 1. The van der Waals surface area contributed by atoms with Gasteiger partial charge in [0.05, 0.1) is 25.7 Å². The maximum atomic E-state index is 13.3. The molecule has 6 N–H and O–H groups in total. The molecular weight excluding hydrogens is 588 g/mol. The van der Waals surface area contributed by atoms with E-state index in [9.17, 15) is 39.0 Å². The first-order valence-electron chi connectivity index (χ1n) is 15.6. The van der Waals surface area contributed by atoms with Crippen molar-refractivity contribution in [3.8, 4) is 0 Å². The molecule has 260 valence electrons. The SMILES string of the molecule is CC[C@H](C)[C@H](NC(=O)OC(C)(C)C)C(=O)N[C@@H](CC(C)C)C(O)CCC(=O)NC(CC(C)C)C(=O)NC(CC(=O)OC)C(=O)O. The van der Waals surface area contributed by atoms with E-state index in [1.54, 1.807) is 20.8 Å². The van der Waals surface area contributed by atoms with Crippen LogP contribution in [0.3, 0.4) is 0 Å². The summed E-state index contributed by atoms with van der Waals surface area (Å²) >= 11 is 0. The van der Waals surface area contributed by atoms with E-state index in [0.29, 0.717) is 12.8 Å². The van der Waals surface area contributed by atoms with Crippen LogP contribution < -0.4 is 21.3 Å². The third kappa shape index (κ3) is 17.6. The van der Waals surface area contributed by atoms with Crippen molar-refractivity contribution in [2.45, 2.75) is 137 Å². The topological polar surface area (TPSA) is 209 Å². The minimum Gasteiger partial charge on any atom is -0.480 e. The highest BCUT2D eigenvalue weighted by atomic mass is 16.6. The molecule has 4 amide bonds. The summed E-state index contributed by atoms with van der Waals surface area (Å²) in [6.07, 6.45) is -1.51. The fourth-order valence-corrected chi connectivity index (χ4v) is 4.40. The molecule has 0 spiro atoms. The standard InChI is InChI=1S/C31H56N4O10/c1-11-19(6)26(35-30(43)45-31(7,8)9)28(40)33-20(14-17(2)3)23(36)12-13-24(37)32-21(15-18(4)5)27(39)34-22(29(41)42)16-25(38)44-10/h17-23,26,36H,11-16H2,1-10H3,(H,32,37)(H,33,40)(H,34,39)(H,35,43)(H,41,42)/t19-,20-,21?,22?,23?,26-/m0/s1. The Balaban J connectivity index is 5.57. The van der Waals surface area contributed by atoms with Crippen LogP contribution in [-0.4, -0.2) is 88.9 Å². The number of carbonyl (C=O) groups excluding carboxylic acids is 5. The second-order valence-corrected chi connectivity index (χ2v) is 13.3. The monoisotopic (exact) mass is 644 g/mol. The van der Waals surface area contributed by atoms with Gasteiger partial charge >= 0.3 is 18.0 Å². The van der Waals surface area contributed by atoms with E-state index in [-0.39, 0.29) is 37.0 Å². The summed E-state index contributed by atoms with van der Waals surface area (Å²) in [5.41, 5.74) is -0.757. The van der Waals surface area contributed by atoms with Crippen molar-refractivity contribution >= 4 is 35.8 Å². The smallest absolute Gasteiger partial charge is 0.408 e. The average molecular weight is 645 g/mol. The number of alkyl carbamates (subject to hydrolysis) is 1. The predicted octanol–water partition coefficient (Wildman–Crippen LogP) is 2.26. The molecular formula is C31H56N4O10. The van der Waals surface area contributed by atoms with Gasteiger partial charge in [-0.1, -0.05) is 48.0 Å². The zero-order valence-electron chi connectivity index (χ0n) is 28.5. The number of aliphatic carboxylic acids is 1. The zero-order chi connectivity index (χ0) is 35.1. The summed E-state index contributed by atoms with van der Waals surface area (Å²) in [5.74, 6) is -4.28. The molecule has 0 aliphatic rings. The maximum Gasteiger partial charge on any atom is 0.408 e. The number of carboxylic acid groups (broad SMARTS) is 1. The summed E-state index contributed by atoms with van der Waals surface area (Å²) in [5, 5.41) is 30.8. The molecule has 45 heavy (non-hydrogen) atoms. The van der Waals surface area contributed by atoms with Gasteiger partial charge in [0.2, 0.25) is 17.7 Å². The Morgan fingerprint density at radius 3 is 1.84 bits per heavy atom. The highest BCUT2D eigenvalue weighted by Gasteiger charge is 2.33. The summed E-state index contributed by atoms with van der Waals surface area (Å²) in [7, 11) is 1.10. The van der Waals surface area contributed by atoms with Crippen LogP contribution in [0.1, 0.15) is 101 Å². The molecule has 0 aromatic carbocycles. The zero-order valence-corrected chi connectivity index (χ0v) is 28.5. The fraction of sp³-hybridized carbons (Fsp3) is 0.806. The number of ether oxygens (including phenoxy) is 2. The van der Waals surface area contributed by atoms with Crippen molar-refractivity contribution in [2.75, 3.05) is 7.11 Å². The Morgan fingerprint density at radius 2 is 1.38 bits per heavy atom. The Bertz CT molecular complexity index is 995. The molecule has 0 aromatic rings. The van der Waals surface area contributed by atoms with E-state index in [1.165, 1.54) is 0 Å². The van der Waals surface area contributed by atoms with Crippen molar-refractivity contribution in [1.29, 1.82) is 0 Å². The van der Waals surface area contributed by atoms with Crippen LogP contribution in [0.4, 0.5) is 4.79 Å². The second-order valence-electron chi connectivity index (χ2n) is 13.3. The average Bonchev–Trinajstić information content (AvgIpc) is 2.91. The molecule has 0 fully saturated rings. The number of hydrogen-bond acceptors (Lipinski definition) is 9. The number of aliphatic hydroxyl groups excluding tert-OH is 1. The molecule has 0 aliphatic carbocycles. The minimum atomic E-state index is -1.54. The van der Waals surface area contributed by atoms with E-state index in [1.807, 2.05) is 41.5 Å². The van der Waals surface area contributed by atoms with Crippen LogP contribution in [0.25, 0.3) is 0 Å². The van der Waals surface area contributed by atoms with E-state index >= 15 is 0 Å². The van der Waals surface area contributed by atoms with E-state index < -0.39 is 78.0 Å². The first-order chi connectivity index (χ1) is 20.7.